The zero-order valence-electron chi connectivity index (χ0n) is 17.3. The van der Waals surface area contributed by atoms with E-state index in [1.54, 1.807) is 0 Å². The first-order valence-corrected chi connectivity index (χ1v) is 9.85. The largest absolute Gasteiger partial charge is 0.399 e. The zero-order valence-corrected chi connectivity index (χ0v) is 17.3. The molecule has 0 radical (unpaired) electrons. The first-order valence-electron chi connectivity index (χ1n) is 9.85. The number of nitrogens with zero attached hydrogens (tertiary/aromatic N) is 1. The van der Waals surface area contributed by atoms with Gasteiger partial charge in [-0.25, -0.2) is 0 Å². The summed E-state index contributed by atoms with van der Waals surface area (Å²) in [5.41, 5.74) is 18.6. The van der Waals surface area contributed by atoms with E-state index < -0.39 is 5.54 Å². The van der Waals surface area contributed by atoms with Crippen molar-refractivity contribution in [2.24, 2.45) is 16.9 Å². The summed E-state index contributed by atoms with van der Waals surface area (Å²) in [6.07, 6.45) is 6.58. The van der Waals surface area contributed by atoms with E-state index in [-0.39, 0.29) is 5.41 Å². The minimum atomic E-state index is -0.494. The standard InChI is InChI=1S/C25H32N3/c1-18(16-19(2)26)24(4)14-13-21-10-6-7-11-22(21)23-12-8-9-15-28(23)20(3)17-25(24,5)27/h6-12,15-16H,2-3,13-14,17,26-27H2,1,4-5H3/q+1/b18-16+. The van der Waals surface area contributed by atoms with Crippen LogP contribution in [0.1, 0.15) is 39.2 Å². The number of hydrogen-bond donors (Lipinski definition) is 2. The van der Waals surface area contributed by atoms with Gasteiger partial charge in [0.25, 0.3) is 0 Å². The van der Waals surface area contributed by atoms with Gasteiger partial charge in [-0.05, 0) is 57.0 Å². The van der Waals surface area contributed by atoms with Gasteiger partial charge >= 0.3 is 0 Å². The number of hydrogen-bond acceptors (Lipinski definition) is 2. The number of benzene rings is 1. The van der Waals surface area contributed by atoms with E-state index in [0.29, 0.717) is 12.1 Å². The van der Waals surface area contributed by atoms with E-state index in [1.165, 1.54) is 11.1 Å². The predicted octanol–water partition coefficient (Wildman–Crippen LogP) is 4.59. The molecular formula is C25H32N3+. The molecule has 0 amide bonds. The summed E-state index contributed by atoms with van der Waals surface area (Å²) in [4.78, 5) is 0. The van der Waals surface area contributed by atoms with Crippen molar-refractivity contribution in [3.63, 3.8) is 0 Å². The molecule has 0 spiro atoms. The highest BCUT2D eigenvalue weighted by Crippen LogP contribution is 2.45. The van der Waals surface area contributed by atoms with E-state index in [2.05, 4.69) is 81.1 Å². The molecule has 3 nitrogen and oxygen atoms in total. The van der Waals surface area contributed by atoms with E-state index in [4.69, 9.17) is 11.5 Å². The van der Waals surface area contributed by atoms with Crippen molar-refractivity contribution in [1.29, 1.82) is 0 Å². The lowest BCUT2D eigenvalue weighted by Gasteiger charge is -2.45. The van der Waals surface area contributed by atoms with Gasteiger partial charge in [-0.3, -0.25) is 0 Å². The van der Waals surface area contributed by atoms with Crippen molar-refractivity contribution in [1.82, 2.24) is 0 Å². The molecule has 3 rings (SSSR count). The molecule has 2 aromatic rings. The van der Waals surface area contributed by atoms with Crippen molar-refractivity contribution in [2.75, 3.05) is 0 Å². The Morgan fingerprint density at radius 3 is 2.54 bits per heavy atom. The summed E-state index contributed by atoms with van der Waals surface area (Å²) < 4.78 is 2.18. The molecule has 2 heterocycles. The maximum atomic E-state index is 7.00. The third-order valence-electron chi connectivity index (χ3n) is 6.49. The fourth-order valence-electron chi connectivity index (χ4n) is 4.39. The number of pyridine rings is 1. The van der Waals surface area contributed by atoms with Crippen molar-refractivity contribution in [2.45, 2.75) is 45.6 Å². The van der Waals surface area contributed by atoms with Crippen molar-refractivity contribution < 1.29 is 4.57 Å². The highest BCUT2D eigenvalue weighted by Gasteiger charge is 2.45. The number of fused-ring (bicyclic) bond motifs is 3. The molecule has 4 N–H and O–H groups in total. The molecule has 1 aliphatic heterocycles. The number of aromatic nitrogens is 1. The van der Waals surface area contributed by atoms with Gasteiger partial charge in [0, 0.05) is 34.3 Å². The maximum Gasteiger partial charge on any atom is 0.218 e. The Morgan fingerprint density at radius 2 is 1.82 bits per heavy atom. The quantitative estimate of drug-likeness (QED) is 0.597. The molecule has 146 valence electrons. The minimum Gasteiger partial charge on any atom is -0.399 e. The normalized spacial score (nSPS) is 25.6. The highest BCUT2D eigenvalue weighted by atomic mass is 15.0. The van der Waals surface area contributed by atoms with Gasteiger partial charge in [-0.1, -0.05) is 37.3 Å². The lowest BCUT2D eigenvalue weighted by atomic mass is 9.62. The summed E-state index contributed by atoms with van der Waals surface area (Å²) in [5.74, 6) is 0. The Morgan fingerprint density at radius 1 is 1.14 bits per heavy atom. The summed E-state index contributed by atoms with van der Waals surface area (Å²) in [7, 11) is 0. The maximum absolute atomic E-state index is 7.00. The molecule has 0 fully saturated rings. The summed E-state index contributed by atoms with van der Waals surface area (Å²) in [6, 6.07) is 14.9. The fourth-order valence-corrected chi connectivity index (χ4v) is 4.39. The molecule has 1 aromatic carbocycles. The van der Waals surface area contributed by atoms with Crippen LogP contribution in [0.2, 0.25) is 0 Å². The number of nitrogens with two attached hydrogens (primary N) is 2. The molecule has 0 aliphatic carbocycles. The molecule has 0 saturated heterocycles. The zero-order chi connectivity index (χ0) is 20.5. The SMILES string of the molecule is C=C(N)/C=C(\C)C1(C)CCc2ccccc2-c2cccc[n+]2C(=C)CC1(C)N. The molecular weight excluding hydrogens is 342 g/mol. The lowest BCUT2D eigenvalue weighted by Crippen LogP contribution is -2.55. The van der Waals surface area contributed by atoms with Crippen LogP contribution in [0.15, 0.2) is 79.2 Å². The minimum absolute atomic E-state index is 0.252. The van der Waals surface area contributed by atoms with Crippen LogP contribution in [0.4, 0.5) is 0 Å². The van der Waals surface area contributed by atoms with Crippen LogP contribution in [0, 0.1) is 5.41 Å². The Balaban J connectivity index is 2.21. The topological polar surface area (TPSA) is 55.9 Å². The van der Waals surface area contributed by atoms with E-state index in [0.717, 1.165) is 29.8 Å². The van der Waals surface area contributed by atoms with Crippen molar-refractivity contribution in [3.05, 3.63) is 84.7 Å². The average Bonchev–Trinajstić information content (AvgIpc) is 2.64. The molecule has 0 saturated carbocycles. The Bertz CT molecular complexity index is 952. The molecule has 0 bridgehead atoms. The van der Waals surface area contributed by atoms with Gasteiger partial charge in [0.2, 0.25) is 5.69 Å². The molecule has 28 heavy (non-hydrogen) atoms. The van der Waals surface area contributed by atoms with Crippen LogP contribution in [-0.2, 0) is 6.42 Å². The smallest absolute Gasteiger partial charge is 0.218 e. The summed E-state index contributed by atoms with van der Waals surface area (Å²) in [5, 5.41) is 0. The number of allylic oxidation sites excluding steroid dienone is 1. The second kappa shape index (κ2) is 7.40. The Hall–Kier alpha value is -2.65. The van der Waals surface area contributed by atoms with Crippen LogP contribution < -0.4 is 16.0 Å². The Labute approximate surface area is 169 Å². The van der Waals surface area contributed by atoms with Gasteiger partial charge in [-0.15, -0.1) is 0 Å². The number of aryl methyl sites for hydroxylation is 1. The van der Waals surface area contributed by atoms with Crippen LogP contribution in [-0.4, -0.2) is 5.54 Å². The van der Waals surface area contributed by atoms with Crippen molar-refractivity contribution in [3.8, 4) is 11.3 Å². The summed E-state index contributed by atoms with van der Waals surface area (Å²) >= 11 is 0. The second-order valence-electron chi connectivity index (χ2n) is 8.51. The molecule has 3 heteroatoms. The van der Waals surface area contributed by atoms with Crippen LogP contribution >= 0.6 is 0 Å². The highest BCUT2D eigenvalue weighted by molar-refractivity contribution is 5.62. The van der Waals surface area contributed by atoms with E-state index in [1.807, 2.05) is 12.1 Å². The van der Waals surface area contributed by atoms with Crippen molar-refractivity contribution >= 4 is 5.70 Å². The van der Waals surface area contributed by atoms with E-state index in [9.17, 15) is 0 Å². The number of rotatable bonds is 2. The fraction of sp³-hybridized carbons (Fsp3) is 0.320. The molecule has 2 unspecified atom stereocenters. The van der Waals surface area contributed by atoms with Crippen LogP contribution in [0.25, 0.3) is 17.0 Å². The molecule has 1 aromatic heterocycles. The van der Waals surface area contributed by atoms with Crippen LogP contribution in [0.5, 0.6) is 0 Å². The lowest BCUT2D eigenvalue weighted by molar-refractivity contribution is -0.572. The predicted molar refractivity (Wildman–Crippen MR) is 118 cm³/mol. The first kappa shape index (κ1) is 20.1. The molecule has 2 atom stereocenters. The monoisotopic (exact) mass is 374 g/mol. The van der Waals surface area contributed by atoms with Gasteiger partial charge in [0.05, 0.1) is 6.42 Å². The van der Waals surface area contributed by atoms with Gasteiger partial charge < -0.3 is 11.5 Å². The van der Waals surface area contributed by atoms with Gasteiger partial charge in [0.1, 0.15) is 0 Å². The first-order chi connectivity index (χ1) is 13.2. The molecule has 1 aliphatic rings. The van der Waals surface area contributed by atoms with E-state index >= 15 is 0 Å². The van der Waals surface area contributed by atoms with Gasteiger partial charge in [0.15, 0.2) is 11.9 Å². The second-order valence-corrected chi connectivity index (χ2v) is 8.51. The average molecular weight is 375 g/mol. The Kier molecular flexibility index (Phi) is 5.31. The van der Waals surface area contributed by atoms with Gasteiger partial charge in [-0.2, -0.15) is 4.57 Å². The third-order valence-corrected chi connectivity index (χ3v) is 6.49. The summed E-state index contributed by atoms with van der Waals surface area (Å²) in [6.45, 7) is 14.8. The van der Waals surface area contributed by atoms with Crippen LogP contribution in [0.3, 0.4) is 0 Å². The third kappa shape index (κ3) is 3.55.